The van der Waals surface area contributed by atoms with Crippen LogP contribution in [0.2, 0.25) is 0 Å². The van der Waals surface area contributed by atoms with Crippen LogP contribution in [0.4, 0.5) is 21.9 Å². The number of piperazine rings is 1. The molecule has 4 N–H and O–H groups in total. The number of nitrogens with zero attached hydrogens (tertiary/aromatic N) is 3. The fraction of sp³-hybridized carbons (Fsp3) is 0.500. The number of amides is 2. The van der Waals surface area contributed by atoms with Crippen LogP contribution in [0.15, 0.2) is 45.8 Å². The lowest BCUT2D eigenvalue weighted by Gasteiger charge is -2.36. The second-order valence-electron chi connectivity index (χ2n) is 11.4. The molecule has 0 spiro atoms. The van der Waals surface area contributed by atoms with Gasteiger partial charge in [0.2, 0.25) is 0 Å². The number of sulfonamides is 1. The summed E-state index contributed by atoms with van der Waals surface area (Å²) in [5, 5.41) is 14.8. The number of anilines is 2. The predicted molar refractivity (Wildman–Crippen MR) is 168 cm³/mol. The molecule has 14 nitrogen and oxygen atoms in total. The van der Waals surface area contributed by atoms with E-state index in [1.165, 1.54) is 18.2 Å². The summed E-state index contributed by atoms with van der Waals surface area (Å²) in [5.41, 5.74) is 0.0773. The Kier molecular flexibility index (Phi) is 11.6. The molecule has 0 bridgehead atoms. The van der Waals surface area contributed by atoms with Crippen LogP contribution >= 0.6 is 15.9 Å². The Morgan fingerprint density at radius 2 is 1.75 bits per heavy atom. The van der Waals surface area contributed by atoms with E-state index in [1.807, 2.05) is 30.4 Å². The largest absolute Gasteiger partial charge is 0.444 e. The van der Waals surface area contributed by atoms with Crippen molar-refractivity contribution >= 4 is 55.0 Å². The number of nitro groups is 1. The molecule has 2 aliphatic heterocycles. The highest BCUT2D eigenvalue weighted by Gasteiger charge is 2.28. The number of carbonyl (C=O) groups excluding carboxylic acids is 2. The summed E-state index contributed by atoms with van der Waals surface area (Å²) in [5.74, 6) is -0.597. The van der Waals surface area contributed by atoms with Gasteiger partial charge in [-0.25, -0.2) is 17.9 Å². The summed E-state index contributed by atoms with van der Waals surface area (Å²) in [6.45, 7) is 9.23. The second-order valence-corrected chi connectivity index (χ2v) is 14.0. The third-order valence-corrected chi connectivity index (χ3v) is 9.10. The number of halogens is 1. The lowest BCUT2D eigenvalue weighted by molar-refractivity contribution is -0.384. The molecule has 0 saturated carbocycles. The van der Waals surface area contributed by atoms with E-state index in [0.29, 0.717) is 56.3 Å². The average molecular weight is 701 g/mol. The molecule has 2 aromatic rings. The second kappa shape index (κ2) is 14.5. The Morgan fingerprint density at radius 1 is 1.09 bits per heavy atom. The lowest BCUT2D eigenvalue weighted by atomic mass is 10.0. The van der Waals surface area contributed by atoms with Gasteiger partial charge in [0, 0.05) is 62.2 Å². The standard InChI is InChI=1S/C28H36BrN5O8S.H2O/c1-28(2,3)42-27(36)33-12-10-32(11-13-33)20-4-6-22(23(29)16-20)26(35)31-43(39,40)21-5-7-24(25(17-21)34(37)38)30-18-19-8-14-41-15-9-19;/h4-7,16-17,19,30H,8-15,18H2,1-3H3,(H,31,35);1H2. The number of rotatable bonds is 8. The van der Waals surface area contributed by atoms with Crippen LogP contribution in [0.3, 0.4) is 0 Å². The number of nitrogens with one attached hydrogen (secondary N) is 2. The van der Waals surface area contributed by atoms with E-state index in [0.717, 1.165) is 24.6 Å². The monoisotopic (exact) mass is 699 g/mol. The minimum Gasteiger partial charge on any atom is -0.444 e. The maximum Gasteiger partial charge on any atom is 0.410 e. The first-order valence-corrected chi connectivity index (χ1v) is 16.2. The summed E-state index contributed by atoms with van der Waals surface area (Å²) in [6.07, 6.45) is 1.30. The minimum absolute atomic E-state index is 0. The molecule has 2 amide bonds. The Bertz CT molecular complexity index is 1470. The van der Waals surface area contributed by atoms with Crippen molar-refractivity contribution in [3.8, 4) is 0 Å². The number of benzene rings is 2. The molecule has 0 unspecified atom stereocenters. The first kappa shape index (κ1) is 35.0. The van der Waals surface area contributed by atoms with E-state index >= 15 is 0 Å². The van der Waals surface area contributed by atoms with Gasteiger partial charge in [-0.1, -0.05) is 0 Å². The molecule has 2 fully saturated rings. The van der Waals surface area contributed by atoms with Gasteiger partial charge in [0.05, 0.1) is 15.4 Å². The van der Waals surface area contributed by atoms with Gasteiger partial charge in [0.1, 0.15) is 11.3 Å². The Balaban J connectivity index is 0.00000529. The molecular weight excluding hydrogens is 662 g/mol. The van der Waals surface area contributed by atoms with Crippen LogP contribution in [-0.4, -0.2) is 87.3 Å². The van der Waals surface area contributed by atoms with Gasteiger partial charge in [-0.15, -0.1) is 0 Å². The van der Waals surface area contributed by atoms with Gasteiger partial charge >= 0.3 is 6.09 Å². The van der Waals surface area contributed by atoms with E-state index in [4.69, 9.17) is 9.47 Å². The van der Waals surface area contributed by atoms with Crippen molar-refractivity contribution in [2.75, 3.05) is 56.2 Å². The van der Waals surface area contributed by atoms with Crippen molar-refractivity contribution in [3.05, 3.63) is 56.5 Å². The molecule has 4 rings (SSSR count). The maximum absolute atomic E-state index is 13.1. The smallest absolute Gasteiger partial charge is 0.410 e. The van der Waals surface area contributed by atoms with Gasteiger partial charge in [0.25, 0.3) is 21.6 Å². The molecule has 0 aliphatic carbocycles. The van der Waals surface area contributed by atoms with Crippen molar-refractivity contribution in [2.24, 2.45) is 5.92 Å². The Hall–Kier alpha value is -3.47. The number of carbonyl (C=O) groups is 2. The molecule has 0 radical (unpaired) electrons. The van der Waals surface area contributed by atoms with E-state index in [1.54, 1.807) is 17.0 Å². The van der Waals surface area contributed by atoms with Gasteiger partial charge in [-0.2, -0.15) is 0 Å². The highest BCUT2D eigenvalue weighted by molar-refractivity contribution is 9.10. The lowest BCUT2D eigenvalue weighted by Crippen LogP contribution is -2.50. The van der Waals surface area contributed by atoms with E-state index in [9.17, 15) is 28.1 Å². The van der Waals surface area contributed by atoms with Crippen LogP contribution < -0.4 is 14.9 Å². The fourth-order valence-electron chi connectivity index (χ4n) is 4.78. The number of hydrogen-bond donors (Lipinski definition) is 2. The number of hydrogen-bond acceptors (Lipinski definition) is 10. The predicted octanol–water partition coefficient (Wildman–Crippen LogP) is 3.55. The summed E-state index contributed by atoms with van der Waals surface area (Å²) in [7, 11) is -4.42. The third-order valence-electron chi connectivity index (χ3n) is 7.12. The van der Waals surface area contributed by atoms with Crippen molar-refractivity contribution in [1.29, 1.82) is 0 Å². The molecule has 2 saturated heterocycles. The van der Waals surface area contributed by atoms with Crippen LogP contribution in [-0.2, 0) is 19.5 Å². The van der Waals surface area contributed by atoms with Gasteiger partial charge in [0.15, 0.2) is 0 Å². The number of ether oxygens (including phenoxy) is 2. The third kappa shape index (κ3) is 9.03. The summed E-state index contributed by atoms with van der Waals surface area (Å²) in [6, 6.07) is 8.40. The first-order valence-electron chi connectivity index (χ1n) is 13.9. The van der Waals surface area contributed by atoms with Gasteiger partial charge < -0.3 is 30.1 Å². The van der Waals surface area contributed by atoms with Crippen LogP contribution in [0.25, 0.3) is 0 Å². The molecule has 2 aromatic carbocycles. The number of nitro benzene ring substituents is 1. The Labute approximate surface area is 264 Å². The molecule has 44 heavy (non-hydrogen) atoms. The molecular formula is C28H38BrN5O9S. The van der Waals surface area contributed by atoms with E-state index in [2.05, 4.69) is 21.2 Å². The molecule has 16 heteroatoms. The zero-order valence-electron chi connectivity index (χ0n) is 24.8. The molecule has 242 valence electrons. The zero-order chi connectivity index (χ0) is 31.4. The van der Waals surface area contributed by atoms with Crippen molar-refractivity contribution < 1.29 is 37.9 Å². The quantitative estimate of drug-likeness (QED) is 0.304. The molecule has 2 heterocycles. The average Bonchev–Trinajstić information content (AvgIpc) is 2.95. The Morgan fingerprint density at radius 3 is 2.34 bits per heavy atom. The summed E-state index contributed by atoms with van der Waals surface area (Å²) < 4.78 is 39.2. The molecule has 0 aromatic heterocycles. The van der Waals surface area contributed by atoms with Crippen LogP contribution in [0, 0.1) is 16.0 Å². The van der Waals surface area contributed by atoms with Gasteiger partial charge in [-0.3, -0.25) is 14.9 Å². The van der Waals surface area contributed by atoms with Crippen LogP contribution in [0.5, 0.6) is 0 Å². The summed E-state index contributed by atoms with van der Waals surface area (Å²) >= 11 is 3.36. The minimum atomic E-state index is -4.42. The molecule has 0 atom stereocenters. The highest BCUT2D eigenvalue weighted by atomic mass is 79.9. The van der Waals surface area contributed by atoms with Crippen molar-refractivity contribution in [3.63, 3.8) is 0 Å². The van der Waals surface area contributed by atoms with Gasteiger partial charge in [-0.05, 0) is 85.8 Å². The zero-order valence-corrected chi connectivity index (χ0v) is 27.2. The maximum atomic E-state index is 13.1. The van der Waals surface area contributed by atoms with Crippen molar-refractivity contribution in [1.82, 2.24) is 9.62 Å². The fourth-order valence-corrected chi connectivity index (χ4v) is 6.31. The highest BCUT2D eigenvalue weighted by Crippen LogP contribution is 2.30. The first-order chi connectivity index (χ1) is 20.2. The normalized spacial score (nSPS) is 16.1. The summed E-state index contributed by atoms with van der Waals surface area (Å²) in [4.78, 5) is 39.7. The topological polar surface area (TPSA) is 192 Å². The van der Waals surface area contributed by atoms with Crippen molar-refractivity contribution in [2.45, 2.75) is 44.1 Å². The van der Waals surface area contributed by atoms with E-state index < -0.39 is 37.0 Å². The van der Waals surface area contributed by atoms with Crippen LogP contribution in [0.1, 0.15) is 44.0 Å². The molecule has 2 aliphatic rings. The van der Waals surface area contributed by atoms with E-state index in [-0.39, 0.29) is 22.8 Å². The SMILES string of the molecule is CC(C)(C)OC(=O)N1CCN(c2ccc(C(=O)NS(=O)(=O)c3ccc(NCC4CCOCC4)c([N+](=O)[O-])c3)c(Br)c2)CC1.O.